The van der Waals surface area contributed by atoms with Gasteiger partial charge in [0.2, 0.25) is 0 Å². The van der Waals surface area contributed by atoms with E-state index in [-0.39, 0.29) is 17.8 Å². The van der Waals surface area contributed by atoms with Crippen molar-refractivity contribution in [3.8, 4) is 11.3 Å². The van der Waals surface area contributed by atoms with Gasteiger partial charge in [0.15, 0.2) is 29.1 Å². The quantitative estimate of drug-likeness (QED) is 0.121. The number of fused-ring (bicyclic) bond motifs is 3. The average Bonchev–Trinajstić information content (AvgIpc) is 2.90. The lowest BCUT2D eigenvalue weighted by molar-refractivity contribution is 0.406. The molecule has 0 saturated heterocycles. The maximum Gasteiger partial charge on any atom is 0.199 e. The first kappa shape index (κ1) is 24.7. The molecule has 0 N–H and O–H groups in total. The van der Waals surface area contributed by atoms with Crippen LogP contribution in [-0.4, -0.2) is 17.0 Å². The van der Waals surface area contributed by atoms with E-state index < -0.39 is 29.0 Å². The number of halogens is 4. The second kappa shape index (κ2) is 9.81. The summed E-state index contributed by atoms with van der Waals surface area (Å²) in [6.45, 7) is 5.60. The summed E-state index contributed by atoms with van der Waals surface area (Å²) in [5.74, 6) is -6.39. The summed E-state index contributed by atoms with van der Waals surface area (Å²) in [7, 11) is 1.47. The largest absolute Gasteiger partial charge is 0.325 e. The molecule has 0 radical (unpaired) electrons. The van der Waals surface area contributed by atoms with Crippen LogP contribution in [0.1, 0.15) is 33.6 Å². The summed E-state index contributed by atoms with van der Waals surface area (Å²) in [6, 6.07) is 15.7. The van der Waals surface area contributed by atoms with Gasteiger partial charge >= 0.3 is 0 Å². The van der Waals surface area contributed by atoms with Gasteiger partial charge in [0, 0.05) is 24.6 Å². The molecule has 1 aliphatic rings. The van der Waals surface area contributed by atoms with E-state index in [1.54, 1.807) is 0 Å². The van der Waals surface area contributed by atoms with Gasteiger partial charge in [0.1, 0.15) is 0 Å². The first-order chi connectivity index (χ1) is 17.8. The minimum atomic E-state index is -1.87. The Morgan fingerprint density at radius 2 is 1.65 bits per heavy atom. The fraction of sp³-hybridized carbons (Fsp3) is 0.200. The zero-order valence-electron chi connectivity index (χ0n) is 20.6. The van der Waals surface area contributed by atoms with Gasteiger partial charge in [0.25, 0.3) is 0 Å². The maximum atomic E-state index is 15.2. The highest BCUT2D eigenvalue weighted by atomic mass is 19.2. The Labute approximate surface area is 213 Å². The molecule has 0 bridgehead atoms. The topological polar surface area (TPSA) is 29.0 Å². The number of hydrogen-bond donors (Lipinski definition) is 0. The molecule has 0 saturated carbocycles. The molecule has 1 heterocycles. The van der Waals surface area contributed by atoms with Crippen LogP contribution in [0.3, 0.4) is 0 Å². The fourth-order valence-electron chi connectivity index (χ4n) is 4.93. The summed E-state index contributed by atoms with van der Waals surface area (Å²) in [5, 5.41) is 0. The van der Waals surface area contributed by atoms with Crippen molar-refractivity contribution in [1.82, 2.24) is 9.97 Å². The smallest absolute Gasteiger partial charge is 0.199 e. The zero-order chi connectivity index (χ0) is 26.3. The molecule has 0 amide bonds. The van der Waals surface area contributed by atoms with E-state index in [1.807, 2.05) is 49.4 Å². The first-order valence-corrected chi connectivity index (χ1v) is 12.0. The van der Waals surface area contributed by atoms with Crippen LogP contribution in [0, 0.1) is 30.2 Å². The Kier molecular flexibility index (Phi) is 6.54. The van der Waals surface area contributed by atoms with Gasteiger partial charge in [-0.1, -0.05) is 60.2 Å². The van der Waals surface area contributed by atoms with E-state index in [9.17, 15) is 13.2 Å². The number of nitrogens with zero attached hydrogens (tertiary/aromatic N) is 3. The molecule has 1 aromatic heterocycles. The van der Waals surface area contributed by atoms with Crippen molar-refractivity contribution < 1.29 is 17.6 Å². The van der Waals surface area contributed by atoms with Crippen LogP contribution in [0.15, 0.2) is 61.2 Å². The van der Waals surface area contributed by atoms with E-state index in [2.05, 4.69) is 12.6 Å². The molecule has 3 nitrogen and oxygen atoms in total. The molecule has 1 aliphatic carbocycles. The normalized spacial score (nSPS) is 12.2. The van der Waals surface area contributed by atoms with Crippen molar-refractivity contribution in [3.63, 3.8) is 0 Å². The molecular formula is C30H25F4N3. The van der Waals surface area contributed by atoms with Crippen molar-refractivity contribution in [2.45, 2.75) is 32.6 Å². The Morgan fingerprint density at radius 1 is 0.919 bits per heavy atom. The van der Waals surface area contributed by atoms with Gasteiger partial charge in [-0.3, -0.25) is 0 Å². The van der Waals surface area contributed by atoms with Crippen molar-refractivity contribution in [2.24, 2.45) is 0 Å². The third-order valence-electron chi connectivity index (χ3n) is 6.72. The van der Waals surface area contributed by atoms with Crippen LogP contribution >= 0.6 is 0 Å². The maximum absolute atomic E-state index is 15.2. The second-order valence-electron chi connectivity index (χ2n) is 9.25. The molecule has 0 atom stereocenters. The minimum Gasteiger partial charge on any atom is -0.325 e. The fourth-order valence-corrected chi connectivity index (χ4v) is 4.93. The van der Waals surface area contributed by atoms with Gasteiger partial charge < -0.3 is 4.90 Å². The first-order valence-electron chi connectivity index (χ1n) is 12.0. The molecule has 0 unspecified atom stereocenters. The van der Waals surface area contributed by atoms with Crippen LogP contribution in [0.4, 0.5) is 29.1 Å². The van der Waals surface area contributed by atoms with Crippen molar-refractivity contribution in [1.29, 1.82) is 0 Å². The molecule has 4 aromatic rings. The Hall–Kier alpha value is -4.00. The lowest BCUT2D eigenvalue weighted by Gasteiger charge is -2.27. The van der Waals surface area contributed by atoms with Gasteiger partial charge in [-0.05, 0) is 37.3 Å². The predicted molar refractivity (Wildman–Crippen MR) is 137 cm³/mol. The summed E-state index contributed by atoms with van der Waals surface area (Å²) >= 11 is 0. The van der Waals surface area contributed by atoms with Crippen LogP contribution in [0.2, 0.25) is 0 Å². The molecule has 0 spiro atoms. The number of anilines is 2. The molecular weight excluding hydrogens is 478 g/mol. The number of allylic oxidation sites excluding steroid dienone is 1. The van der Waals surface area contributed by atoms with Gasteiger partial charge in [-0.2, -0.15) is 0 Å². The van der Waals surface area contributed by atoms with Crippen LogP contribution in [-0.2, 0) is 25.7 Å². The van der Waals surface area contributed by atoms with Gasteiger partial charge in [0.05, 0.1) is 22.8 Å². The molecule has 0 aliphatic heterocycles. The standard InChI is InChI=1S/C30H25F4N3/c1-4-8-21-24(31)25(32)26(33)27(34)29(21)37(3)30-23(16-18-9-6-5-7-10-18)35-28-20-13-11-17(2)15-19(20)12-14-22(28)36-30/h4-7,9-11,13,15H,1,8,12,14,16H2,2-3H3. The molecule has 0 fully saturated rings. The number of aromatic nitrogens is 2. The highest BCUT2D eigenvalue weighted by Crippen LogP contribution is 2.39. The Morgan fingerprint density at radius 3 is 2.38 bits per heavy atom. The highest BCUT2D eigenvalue weighted by Gasteiger charge is 2.30. The predicted octanol–water partition coefficient (Wildman–Crippen LogP) is 7.19. The van der Waals surface area contributed by atoms with Gasteiger partial charge in [-0.25, -0.2) is 27.5 Å². The van der Waals surface area contributed by atoms with Crippen LogP contribution < -0.4 is 4.90 Å². The van der Waals surface area contributed by atoms with E-state index in [0.717, 1.165) is 28.8 Å². The molecule has 7 heteroatoms. The third-order valence-corrected chi connectivity index (χ3v) is 6.72. The van der Waals surface area contributed by atoms with E-state index in [1.165, 1.54) is 23.6 Å². The minimum absolute atomic E-state index is 0.196. The van der Waals surface area contributed by atoms with Crippen molar-refractivity contribution in [3.05, 3.63) is 118 Å². The Bertz CT molecular complexity index is 1520. The number of hydrogen-bond acceptors (Lipinski definition) is 3. The van der Waals surface area contributed by atoms with Gasteiger partial charge in [-0.15, -0.1) is 6.58 Å². The molecule has 37 heavy (non-hydrogen) atoms. The van der Waals surface area contributed by atoms with Crippen molar-refractivity contribution >= 4 is 11.5 Å². The van der Waals surface area contributed by atoms with Crippen LogP contribution in [0.5, 0.6) is 0 Å². The lowest BCUT2D eigenvalue weighted by atomic mass is 9.90. The average molecular weight is 504 g/mol. The SMILES string of the molecule is C=CCc1c(F)c(F)c(F)c(F)c1N(C)c1nc2c(nc1Cc1ccccc1)-c1ccc(C)cc1CC2. The number of benzene rings is 3. The monoisotopic (exact) mass is 503 g/mol. The Balaban J connectivity index is 1.73. The van der Waals surface area contributed by atoms with E-state index in [0.29, 0.717) is 24.2 Å². The summed E-state index contributed by atoms with van der Waals surface area (Å²) in [4.78, 5) is 11.1. The summed E-state index contributed by atoms with van der Waals surface area (Å²) in [5.41, 5.74) is 5.46. The third kappa shape index (κ3) is 4.39. The van der Waals surface area contributed by atoms with E-state index in [4.69, 9.17) is 9.97 Å². The summed E-state index contributed by atoms with van der Waals surface area (Å²) < 4.78 is 58.5. The number of rotatable bonds is 6. The second-order valence-corrected chi connectivity index (χ2v) is 9.25. The van der Waals surface area contributed by atoms with Crippen LogP contribution in [0.25, 0.3) is 11.3 Å². The molecule has 188 valence electrons. The molecule has 3 aromatic carbocycles. The van der Waals surface area contributed by atoms with E-state index >= 15 is 4.39 Å². The van der Waals surface area contributed by atoms with Crippen molar-refractivity contribution in [2.75, 3.05) is 11.9 Å². The highest BCUT2D eigenvalue weighted by molar-refractivity contribution is 5.73. The zero-order valence-corrected chi connectivity index (χ0v) is 20.6. The lowest BCUT2D eigenvalue weighted by Crippen LogP contribution is -2.22. The summed E-state index contributed by atoms with van der Waals surface area (Å²) in [6.07, 6.45) is 2.84. The molecule has 5 rings (SSSR count). The number of aryl methyl sites for hydroxylation is 3.